The zero-order chi connectivity index (χ0) is 21.5. The van der Waals surface area contributed by atoms with Gasteiger partial charge in [-0.05, 0) is 55.1 Å². The molecular weight excluding hydrogens is 380 g/mol. The van der Waals surface area contributed by atoms with Gasteiger partial charge in [-0.15, -0.1) is 0 Å². The van der Waals surface area contributed by atoms with Crippen LogP contribution in [-0.4, -0.2) is 28.8 Å². The Hall–Kier alpha value is -2.91. The summed E-state index contributed by atoms with van der Waals surface area (Å²) in [6, 6.07) is 29.3. The third-order valence-electron chi connectivity index (χ3n) is 6.34. The zero-order valence-electron chi connectivity index (χ0n) is 18.4. The summed E-state index contributed by atoms with van der Waals surface area (Å²) in [5.41, 5.74) is 5.10. The molecule has 3 heteroatoms. The second-order valence-electron chi connectivity index (χ2n) is 8.64. The molecule has 0 unspecified atom stereocenters. The van der Waals surface area contributed by atoms with Crippen molar-refractivity contribution in [3.63, 3.8) is 0 Å². The number of hydrogen-bond donors (Lipinski definition) is 0. The van der Waals surface area contributed by atoms with Gasteiger partial charge < -0.3 is 4.90 Å². The quantitative estimate of drug-likeness (QED) is 0.516. The van der Waals surface area contributed by atoms with Gasteiger partial charge in [0, 0.05) is 25.6 Å². The molecule has 31 heavy (non-hydrogen) atoms. The number of rotatable bonds is 7. The number of nitrogens with zero attached hydrogens (tertiary/aromatic N) is 2. The number of carbonyl (C=O) groups is 1. The zero-order valence-corrected chi connectivity index (χ0v) is 18.4. The van der Waals surface area contributed by atoms with E-state index in [0.29, 0.717) is 19.0 Å². The molecule has 0 radical (unpaired) electrons. The number of aryl methyl sites for hydroxylation is 1. The van der Waals surface area contributed by atoms with Crippen LogP contribution in [0.4, 0.5) is 0 Å². The van der Waals surface area contributed by atoms with Crippen LogP contribution in [0.25, 0.3) is 0 Å². The number of hydrogen-bond acceptors (Lipinski definition) is 2. The van der Waals surface area contributed by atoms with Crippen LogP contribution >= 0.6 is 0 Å². The van der Waals surface area contributed by atoms with Crippen molar-refractivity contribution in [1.82, 2.24) is 9.80 Å². The molecule has 4 rings (SSSR count). The van der Waals surface area contributed by atoms with E-state index in [-0.39, 0.29) is 5.92 Å². The molecule has 3 aromatic rings. The predicted octanol–water partition coefficient (Wildman–Crippen LogP) is 5.44. The monoisotopic (exact) mass is 412 g/mol. The molecule has 1 aliphatic heterocycles. The lowest BCUT2D eigenvalue weighted by molar-refractivity contribution is -0.138. The predicted molar refractivity (Wildman–Crippen MR) is 126 cm³/mol. The molecular formula is C28H32N2O. The van der Waals surface area contributed by atoms with Gasteiger partial charge in [0.25, 0.3) is 0 Å². The SMILES string of the molecule is Cc1ccccc1CN1CCC(C(=O)N(Cc2ccccc2)Cc2ccccc2)CC1. The summed E-state index contributed by atoms with van der Waals surface area (Å²) in [4.78, 5) is 18.1. The van der Waals surface area contributed by atoms with Gasteiger partial charge in [0.1, 0.15) is 0 Å². The van der Waals surface area contributed by atoms with Gasteiger partial charge in [0.2, 0.25) is 5.91 Å². The molecule has 1 amide bonds. The summed E-state index contributed by atoms with van der Waals surface area (Å²) in [6.07, 6.45) is 1.87. The number of likely N-dealkylation sites (tertiary alicyclic amines) is 1. The Balaban J connectivity index is 1.40. The second-order valence-corrected chi connectivity index (χ2v) is 8.64. The average molecular weight is 413 g/mol. The van der Waals surface area contributed by atoms with Gasteiger partial charge in [-0.25, -0.2) is 0 Å². The third-order valence-corrected chi connectivity index (χ3v) is 6.34. The maximum atomic E-state index is 13.5. The average Bonchev–Trinajstić information content (AvgIpc) is 2.82. The first-order valence-corrected chi connectivity index (χ1v) is 11.3. The summed E-state index contributed by atoms with van der Waals surface area (Å²) in [5.74, 6) is 0.406. The molecule has 0 N–H and O–H groups in total. The van der Waals surface area contributed by atoms with Crippen molar-refractivity contribution in [3.05, 3.63) is 107 Å². The summed E-state index contributed by atoms with van der Waals surface area (Å²) in [7, 11) is 0. The van der Waals surface area contributed by atoms with E-state index in [9.17, 15) is 4.79 Å². The molecule has 0 atom stereocenters. The molecule has 0 bridgehead atoms. The third kappa shape index (κ3) is 5.83. The molecule has 1 heterocycles. The Labute approximate surface area is 186 Å². The highest BCUT2D eigenvalue weighted by Gasteiger charge is 2.29. The highest BCUT2D eigenvalue weighted by atomic mass is 16.2. The van der Waals surface area contributed by atoms with E-state index >= 15 is 0 Å². The normalized spacial score (nSPS) is 15.0. The highest BCUT2D eigenvalue weighted by molar-refractivity contribution is 5.79. The van der Waals surface area contributed by atoms with Crippen molar-refractivity contribution >= 4 is 5.91 Å². The molecule has 0 aromatic heterocycles. The minimum absolute atomic E-state index is 0.112. The minimum Gasteiger partial charge on any atom is -0.334 e. The van der Waals surface area contributed by atoms with Gasteiger partial charge in [0.15, 0.2) is 0 Å². The number of benzene rings is 3. The fraction of sp³-hybridized carbons (Fsp3) is 0.321. The molecule has 0 saturated carbocycles. The number of carbonyl (C=O) groups excluding carboxylic acids is 1. The Morgan fingerprint density at radius 1 is 0.806 bits per heavy atom. The van der Waals surface area contributed by atoms with Crippen LogP contribution in [0.2, 0.25) is 0 Å². The number of amides is 1. The summed E-state index contributed by atoms with van der Waals surface area (Å²) < 4.78 is 0. The lowest BCUT2D eigenvalue weighted by Crippen LogP contribution is -2.42. The van der Waals surface area contributed by atoms with E-state index in [2.05, 4.69) is 60.4 Å². The largest absolute Gasteiger partial charge is 0.334 e. The van der Waals surface area contributed by atoms with Crippen LogP contribution in [0.15, 0.2) is 84.9 Å². The Morgan fingerprint density at radius 2 is 1.32 bits per heavy atom. The fourth-order valence-corrected chi connectivity index (χ4v) is 4.44. The van der Waals surface area contributed by atoms with Crippen molar-refractivity contribution in [2.45, 2.75) is 39.4 Å². The lowest BCUT2D eigenvalue weighted by atomic mass is 9.94. The van der Waals surface area contributed by atoms with E-state index in [1.807, 2.05) is 41.3 Å². The first-order chi connectivity index (χ1) is 15.2. The van der Waals surface area contributed by atoms with Crippen molar-refractivity contribution in [1.29, 1.82) is 0 Å². The number of piperidine rings is 1. The van der Waals surface area contributed by atoms with Gasteiger partial charge in [-0.1, -0.05) is 84.9 Å². The first kappa shape index (κ1) is 21.3. The van der Waals surface area contributed by atoms with Crippen LogP contribution < -0.4 is 0 Å². The van der Waals surface area contributed by atoms with Crippen LogP contribution in [0.5, 0.6) is 0 Å². The van der Waals surface area contributed by atoms with Crippen molar-refractivity contribution < 1.29 is 4.79 Å². The van der Waals surface area contributed by atoms with Gasteiger partial charge in [-0.2, -0.15) is 0 Å². The van der Waals surface area contributed by atoms with Crippen molar-refractivity contribution in [2.24, 2.45) is 5.92 Å². The highest BCUT2D eigenvalue weighted by Crippen LogP contribution is 2.24. The molecule has 1 aliphatic rings. The van der Waals surface area contributed by atoms with Crippen LogP contribution in [0.1, 0.15) is 35.1 Å². The van der Waals surface area contributed by atoms with Crippen molar-refractivity contribution in [2.75, 3.05) is 13.1 Å². The molecule has 160 valence electrons. The van der Waals surface area contributed by atoms with E-state index in [4.69, 9.17) is 0 Å². The van der Waals surface area contributed by atoms with Crippen molar-refractivity contribution in [3.8, 4) is 0 Å². The first-order valence-electron chi connectivity index (χ1n) is 11.3. The molecule has 3 aromatic carbocycles. The van der Waals surface area contributed by atoms with Gasteiger partial charge in [-0.3, -0.25) is 9.69 Å². The van der Waals surface area contributed by atoms with E-state index in [1.54, 1.807) is 0 Å². The maximum Gasteiger partial charge on any atom is 0.226 e. The van der Waals surface area contributed by atoms with Gasteiger partial charge >= 0.3 is 0 Å². The molecule has 1 fully saturated rings. The smallest absolute Gasteiger partial charge is 0.226 e. The minimum atomic E-state index is 0.112. The Morgan fingerprint density at radius 3 is 1.87 bits per heavy atom. The standard InChI is InChI=1S/C28H32N2O/c1-23-10-8-9-15-27(23)22-29-18-16-26(17-19-29)28(31)30(20-24-11-4-2-5-12-24)21-25-13-6-3-7-14-25/h2-15,26H,16-22H2,1H3. The molecule has 1 saturated heterocycles. The maximum absolute atomic E-state index is 13.5. The van der Waals surface area contributed by atoms with E-state index in [1.165, 1.54) is 22.3 Å². The van der Waals surface area contributed by atoms with E-state index < -0.39 is 0 Å². The van der Waals surface area contributed by atoms with Gasteiger partial charge in [0.05, 0.1) is 0 Å². The summed E-state index contributed by atoms with van der Waals surface area (Å²) in [5, 5.41) is 0. The molecule has 0 aliphatic carbocycles. The van der Waals surface area contributed by atoms with Crippen LogP contribution in [0, 0.1) is 12.8 Å². The lowest BCUT2D eigenvalue weighted by Gasteiger charge is -2.34. The van der Waals surface area contributed by atoms with Crippen LogP contribution in [0.3, 0.4) is 0 Å². The van der Waals surface area contributed by atoms with Crippen LogP contribution in [-0.2, 0) is 24.4 Å². The Bertz CT molecular complexity index is 921. The summed E-state index contributed by atoms with van der Waals surface area (Å²) in [6.45, 7) is 6.45. The molecule has 0 spiro atoms. The summed E-state index contributed by atoms with van der Waals surface area (Å²) >= 11 is 0. The second kappa shape index (κ2) is 10.4. The molecule has 3 nitrogen and oxygen atoms in total. The Kier molecular flexibility index (Phi) is 7.16. The van der Waals surface area contributed by atoms with E-state index in [0.717, 1.165) is 32.5 Å². The fourth-order valence-electron chi connectivity index (χ4n) is 4.44. The topological polar surface area (TPSA) is 23.6 Å².